The Morgan fingerprint density at radius 3 is 2.88 bits per heavy atom. The minimum atomic E-state index is -3.03. The van der Waals surface area contributed by atoms with Gasteiger partial charge in [-0.2, -0.15) is 10.4 Å². The zero-order valence-corrected chi connectivity index (χ0v) is 14.5. The molecular formula is C16H15ClN4O2S. The van der Waals surface area contributed by atoms with Crippen LogP contribution < -0.4 is 0 Å². The second-order valence-corrected chi connectivity index (χ2v) is 8.26. The van der Waals surface area contributed by atoms with Crippen LogP contribution in [0.1, 0.15) is 29.4 Å². The van der Waals surface area contributed by atoms with Gasteiger partial charge in [0.2, 0.25) is 0 Å². The third-order valence-electron chi connectivity index (χ3n) is 3.98. The molecule has 0 spiro atoms. The van der Waals surface area contributed by atoms with Gasteiger partial charge in [0.1, 0.15) is 11.2 Å². The molecule has 2 aromatic rings. The van der Waals surface area contributed by atoms with Gasteiger partial charge in [-0.05, 0) is 31.6 Å². The summed E-state index contributed by atoms with van der Waals surface area (Å²) in [5.41, 5.74) is 2.18. The van der Waals surface area contributed by atoms with Crippen molar-refractivity contribution in [2.24, 2.45) is 0 Å². The lowest BCUT2D eigenvalue weighted by molar-refractivity contribution is 0.497. The second kappa shape index (κ2) is 6.38. The van der Waals surface area contributed by atoms with E-state index in [1.165, 1.54) is 0 Å². The van der Waals surface area contributed by atoms with Crippen molar-refractivity contribution in [1.82, 2.24) is 14.8 Å². The van der Waals surface area contributed by atoms with Crippen molar-refractivity contribution >= 4 is 33.1 Å². The number of nitrogens with zero attached hydrogens (tertiary/aromatic N) is 4. The lowest BCUT2D eigenvalue weighted by atomic mass is 10.1. The molecule has 8 heteroatoms. The monoisotopic (exact) mass is 362 g/mol. The third kappa shape index (κ3) is 3.21. The molecule has 3 rings (SSSR count). The Morgan fingerprint density at radius 1 is 1.50 bits per heavy atom. The zero-order chi connectivity index (χ0) is 17.3. The second-order valence-electron chi connectivity index (χ2n) is 5.68. The largest absolute Gasteiger partial charge is 0.256 e. The van der Waals surface area contributed by atoms with E-state index in [0.29, 0.717) is 34.1 Å². The number of aryl methyl sites for hydroxylation is 1. The summed E-state index contributed by atoms with van der Waals surface area (Å²) in [5, 5.41) is 14.1. The number of allylic oxidation sites excluding steroid dienone is 1. The van der Waals surface area contributed by atoms with Gasteiger partial charge in [-0.25, -0.2) is 13.1 Å². The van der Waals surface area contributed by atoms with Crippen LogP contribution in [0.2, 0.25) is 5.15 Å². The van der Waals surface area contributed by atoms with Gasteiger partial charge in [0, 0.05) is 11.8 Å². The summed E-state index contributed by atoms with van der Waals surface area (Å²) in [5.74, 6) is 0.192. The Morgan fingerprint density at radius 2 is 2.29 bits per heavy atom. The summed E-state index contributed by atoms with van der Waals surface area (Å²) in [6.07, 6.45) is 3.76. The van der Waals surface area contributed by atoms with E-state index < -0.39 is 9.84 Å². The molecule has 6 nitrogen and oxygen atoms in total. The minimum absolute atomic E-state index is 0.0440. The van der Waals surface area contributed by atoms with Gasteiger partial charge in [0.05, 0.1) is 34.5 Å². The Labute approximate surface area is 145 Å². The van der Waals surface area contributed by atoms with Crippen molar-refractivity contribution in [1.29, 1.82) is 5.26 Å². The molecule has 0 saturated carbocycles. The van der Waals surface area contributed by atoms with Gasteiger partial charge in [-0.15, -0.1) is 0 Å². The average Bonchev–Trinajstić information content (AvgIpc) is 3.06. The van der Waals surface area contributed by atoms with Crippen LogP contribution in [-0.4, -0.2) is 34.7 Å². The first kappa shape index (κ1) is 16.7. The Balaban J connectivity index is 2.01. The molecule has 0 unspecified atom stereocenters. The van der Waals surface area contributed by atoms with Crippen molar-refractivity contribution in [2.75, 3.05) is 11.5 Å². The predicted molar refractivity (Wildman–Crippen MR) is 92.0 cm³/mol. The summed E-state index contributed by atoms with van der Waals surface area (Å²) in [6.45, 7) is 1.78. The number of aromatic nitrogens is 3. The van der Waals surface area contributed by atoms with Crippen molar-refractivity contribution in [3.8, 4) is 6.07 Å². The van der Waals surface area contributed by atoms with Crippen molar-refractivity contribution in [3.05, 3.63) is 46.5 Å². The van der Waals surface area contributed by atoms with Crippen LogP contribution in [0.25, 0.3) is 11.6 Å². The molecule has 124 valence electrons. The molecule has 1 saturated heterocycles. The van der Waals surface area contributed by atoms with E-state index in [1.54, 1.807) is 42.1 Å². The normalized spacial score (nSPS) is 20.0. The highest BCUT2D eigenvalue weighted by atomic mass is 35.5. The Hall–Kier alpha value is -2.17. The number of pyridine rings is 1. The highest BCUT2D eigenvalue weighted by Gasteiger charge is 2.31. The number of hydrogen-bond acceptors (Lipinski definition) is 5. The molecular weight excluding hydrogens is 348 g/mol. The molecule has 2 aromatic heterocycles. The summed E-state index contributed by atoms with van der Waals surface area (Å²) in [6, 6.07) is 7.18. The first-order chi connectivity index (χ1) is 11.4. The van der Waals surface area contributed by atoms with Crippen molar-refractivity contribution in [2.45, 2.75) is 19.4 Å². The number of rotatable bonds is 3. The first-order valence-corrected chi connectivity index (χ1v) is 9.59. The number of halogens is 1. The number of sulfone groups is 1. The third-order valence-corrected chi connectivity index (χ3v) is 6.10. The van der Waals surface area contributed by atoms with E-state index in [0.717, 1.165) is 0 Å². The minimum Gasteiger partial charge on any atom is -0.256 e. The Bertz CT molecular complexity index is 942. The molecule has 3 heterocycles. The summed E-state index contributed by atoms with van der Waals surface area (Å²) in [7, 11) is -3.03. The fourth-order valence-electron chi connectivity index (χ4n) is 2.74. The van der Waals surface area contributed by atoms with Crippen LogP contribution in [0.5, 0.6) is 0 Å². The first-order valence-electron chi connectivity index (χ1n) is 7.39. The van der Waals surface area contributed by atoms with Crippen LogP contribution in [-0.2, 0) is 9.84 Å². The SMILES string of the molecule is Cc1nn([C@@H]2CCS(=O)(=O)C2)c(Cl)c1/C=C(/C#N)c1ccccn1. The van der Waals surface area contributed by atoms with E-state index in [4.69, 9.17) is 11.6 Å². The topological polar surface area (TPSA) is 88.6 Å². The zero-order valence-electron chi connectivity index (χ0n) is 13.0. The Kier molecular flexibility index (Phi) is 4.43. The molecule has 0 radical (unpaired) electrons. The average molecular weight is 363 g/mol. The van der Waals surface area contributed by atoms with Crippen LogP contribution in [0, 0.1) is 18.3 Å². The van der Waals surface area contributed by atoms with Gasteiger partial charge in [0.25, 0.3) is 0 Å². The maximum atomic E-state index is 11.7. The van der Waals surface area contributed by atoms with Crippen molar-refractivity contribution < 1.29 is 8.42 Å². The molecule has 0 N–H and O–H groups in total. The van der Waals surface area contributed by atoms with Crippen LogP contribution in [0.3, 0.4) is 0 Å². The van der Waals surface area contributed by atoms with Crippen LogP contribution in [0.4, 0.5) is 0 Å². The van der Waals surface area contributed by atoms with Gasteiger partial charge in [-0.3, -0.25) is 4.98 Å². The fraction of sp³-hybridized carbons (Fsp3) is 0.312. The predicted octanol–water partition coefficient (Wildman–Crippen LogP) is 2.66. The highest BCUT2D eigenvalue weighted by molar-refractivity contribution is 7.91. The maximum absolute atomic E-state index is 11.7. The molecule has 1 aliphatic rings. The number of nitriles is 1. The smallest absolute Gasteiger partial charge is 0.152 e. The highest BCUT2D eigenvalue weighted by Crippen LogP contribution is 2.31. The molecule has 24 heavy (non-hydrogen) atoms. The summed E-state index contributed by atoms with van der Waals surface area (Å²) in [4.78, 5) is 4.17. The summed E-state index contributed by atoms with van der Waals surface area (Å²) < 4.78 is 24.9. The molecule has 1 fully saturated rings. The van der Waals surface area contributed by atoms with E-state index in [2.05, 4.69) is 16.2 Å². The lowest BCUT2D eigenvalue weighted by Gasteiger charge is -2.09. The van der Waals surface area contributed by atoms with Crippen LogP contribution >= 0.6 is 11.6 Å². The molecule has 0 aromatic carbocycles. The van der Waals surface area contributed by atoms with Crippen LogP contribution in [0.15, 0.2) is 24.4 Å². The molecule has 0 bridgehead atoms. The van der Waals surface area contributed by atoms with Gasteiger partial charge < -0.3 is 0 Å². The van der Waals surface area contributed by atoms with Crippen molar-refractivity contribution in [3.63, 3.8) is 0 Å². The molecule has 1 atom stereocenters. The van der Waals surface area contributed by atoms with Gasteiger partial charge in [-0.1, -0.05) is 17.7 Å². The van der Waals surface area contributed by atoms with E-state index >= 15 is 0 Å². The van der Waals surface area contributed by atoms with Gasteiger partial charge >= 0.3 is 0 Å². The molecule has 0 aliphatic carbocycles. The summed E-state index contributed by atoms with van der Waals surface area (Å²) >= 11 is 6.42. The maximum Gasteiger partial charge on any atom is 0.152 e. The van der Waals surface area contributed by atoms with E-state index in [9.17, 15) is 13.7 Å². The quantitative estimate of drug-likeness (QED) is 0.783. The standard InChI is InChI=1S/C16H15ClN4O2S/c1-11-14(8-12(9-18)15-4-2-3-6-19-15)16(17)21(20-11)13-5-7-24(22,23)10-13/h2-4,6,8,13H,5,7,10H2,1H3/b12-8-/t13-/m1/s1. The number of hydrogen-bond donors (Lipinski definition) is 0. The van der Waals surface area contributed by atoms with E-state index in [-0.39, 0.29) is 17.5 Å². The molecule has 1 aliphatic heterocycles. The fourth-order valence-corrected chi connectivity index (χ4v) is 4.80. The van der Waals surface area contributed by atoms with Gasteiger partial charge in [0.15, 0.2) is 9.84 Å². The molecule has 0 amide bonds. The van der Waals surface area contributed by atoms with E-state index in [1.807, 2.05) is 0 Å². The lowest BCUT2D eigenvalue weighted by Crippen LogP contribution is -2.12.